The summed E-state index contributed by atoms with van der Waals surface area (Å²) in [4.78, 5) is 45.9. The largest absolute Gasteiger partial charge is 0.490 e. The Labute approximate surface area is 220 Å². The van der Waals surface area contributed by atoms with Gasteiger partial charge in [-0.15, -0.1) is 0 Å². The normalized spacial score (nSPS) is 20.5. The Bertz CT molecular complexity index is 1340. The summed E-state index contributed by atoms with van der Waals surface area (Å²) in [6, 6.07) is 19.8. The molecule has 5 rings (SSSR count). The molecule has 38 heavy (non-hydrogen) atoms. The lowest BCUT2D eigenvalue weighted by Crippen LogP contribution is -2.37. The molecule has 0 saturated carbocycles. The van der Waals surface area contributed by atoms with E-state index in [1.165, 1.54) is 24.3 Å². The highest BCUT2D eigenvalue weighted by molar-refractivity contribution is 6.24. The molecule has 2 fully saturated rings. The first-order valence-corrected chi connectivity index (χ1v) is 12.6. The molecule has 3 atom stereocenters. The van der Waals surface area contributed by atoms with Crippen LogP contribution in [0.5, 0.6) is 11.5 Å². The van der Waals surface area contributed by atoms with Gasteiger partial charge in [0.15, 0.2) is 17.6 Å². The lowest BCUT2D eigenvalue weighted by molar-refractivity contribution is -0.126. The fourth-order valence-corrected chi connectivity index (χ4v) is 4.87. The van der Waals surface area contributed by atoms with Crippen LogP contribution in [0.1, 0.15) is 42.2 Å². The monoisotopic (exact) mass is 516 g/mol. The molecule has 2 heterocycles. The van der Waals surface area contributed by atoms with Crippen molar-refractivity contribution >= 4 is 29.2 Å². The minimum Gasteiger partial charge on any atom is -0.490 e. The number of hydrogen-bond acceptors (Lipinski definition) is 7. The predicted octanol–water partition coefficient (Wildman–Crippen LogP) is 4.62. The van der Waals surface area contributed by atoms with E-state index in [4.69, 9.17) is 14.3 Å². The summed E-state index contributed by atoms with van der Waals surface area (Å²) in [7, 11) is 0. The topological polar surface area (TPSA) is 106 Å². The fraction of sp³-hybridized carbons (Fsp3) is 0.276. The SMILES string of the molecule is CCCOc1ccc([C@@H]2[C@H]3C(=O)N(c4ccc(C(=O)O)cc4)C(=O)[C@H]3ON2c2ccccc2)cc1OCC. The van der Waals surface area contributed by atoms with Gasteiger partial charge >= 0.3 is 5.97 Å². The van der Waals surface area contributed by atoms with Gasteiger partial charge in [-0.2, -0.15) is 0 Å². The minimum atomic E-state index is -1.09. The minimum absolute atomic E-state index is 0.0613. The number of fused-ring (bicyclic) bond motifs is 1. The molecular formula is C29H28N2O7. The van der Waals surface area contributed by atoms with Crippen LogP contribution >= 0.6 is 0 Å². The van der Waals surface area contributed by atoms with Crippen molar-refractivity contribution in [2.45, 2.75) is 32.4 Å². The van der Waals surface area contributed by atoms with Crippen molar-refractivity contribution in [2.75, 3.05) is 23.2 Å². The van der Waals surface area contributed by atoms with Gasteiger partial charge in [0.05, 0.1) is 36.2 Å². The molecule has 1 N–H and O–H groups in total. The molecule has 2 aliphatic rings. The number of nitrogens with zero attached hydrogens (tertiary/aromatic N) is 2. The molecule has 0 bridgehead atoms. The molecule has 0 unspecified atom stereocenters. The van der Waals surface area contributed by atoms with Crippen LogP contribution in [0, 0.1) is 5.92 Å². The third-order valence-corrected chi connectivity index (χ3v) is 6.57. The molecule has 0 aliphatic carbocycles. The van der Waals surface area contributed by atoms with Crippen molar-refractivity contribution in [3.63, 3.8) is 0 Å². The molecule has 2 aliphatic heterocycles. The third-order valence-electron chi connectivity index (χ3n) is 6.57. The number of rotatable bonds is 9. The second-order valence-electron chi connectivity index (χ2n) is 9.01. The number of carbonyl (C=O) groups is 3. The van der Waals surface area contributed by atoms with Gasteiger partial charge in [0.1, 0.15) is 5.92 Å². The Morgan fingerprint density at radius 2 is 1.63 bits per heavy atom. The van der Waals surface area contributed by atoms with Crippen molar-refractivity contribution in [3.8, 4) is 11.5 Å². The first-order valence-electron chi connectivity index (χ1n) is 12.6. The molecule has 2 amide bonds. The van der Waals surface area contributed by atoms with Crippen LogP contribution in [0.3, 0.4) is 0 Å². The van der Waals surface area contributed by atoms with E-state index in [-0.39, 0.29) is 5.56 Å². The number of imide groups is 1. The molecule has 3 aromatic carbocycles. The standard InChI is InChI=1S/C29H28N2O7/c1-3-16-37-22-15-12-19(17-23(22)36-4-2)25-24-26(38-31(25)21-8-6-5-7-9-21)28(33)30(27(24)32)20-13-10-18(11-14-20)29(34)35/h5-15,17,24-26H,3-4,16H2,1-2H3,(H,34,35)/t24-,25-,26+/m1/s1. The summed E-state index contributed by atoms with van der Waals surface area (Å²) < 4.78 is 11.7. The quantitative estimate of drug-likeness (QED) is 0.411. The van der Waals surface area contributed by atoms with E-state index in [0.717, 1.165) is 16.9 Å². The zero-order valence-corrected chi connectivity index (χ0v) is 21.1. The smallest absolute Gasteiger partial charge is 0.335 e. The number of para-hydroxylation sites is 1. The number of carboxylic acids is 1. The van der Waals surface area contributed by atoms with E-state index >= 15 is 0 Å². The van der Waals surface area contributed by atoms with Crippen LogP contribution in [0.25, 0.3) is 0 Å². The fourth-order valence-electron chi connectivity index (χ4n) is 4.87. The highest BCUT2D eigenvalue weighted by Crippen LogP contribution is 2.48. The molecule has 0 spiro atoms. The summed E-state index contributed by atoms with van der Waals surface area (Å²) in [5, 5.41) is 10.8. The maximum Gasteiger partial charge on any atom is 0.335 e. The van der Waals surface area contributed by atoms with Crippen molar-refractivity contribution in [2.24, 2.45) is 5.92 Å². The molecule has 0 radical (unpaired) electrons. The van der Waals surface area contributed by atoms with E-state index in [1.54, 1.807) is 5.06 Å². The first-order chi connectivity index (χ1) is 18.4. The zero-order chi connectivity index (χ0) is 26.8. The molecule has 9 heteroatoms. The predicted molar refractivity (Wildman–Crippen MR) is 139 cm³/mol. The van der Waals surface area contributed by atoms with Crippen LogP contribution in [0.2, 0.25) is 0 Å². The van der Waals surface area contributed by atoms with E-state index in [2.05, 4.69) is 0 Å². The van der Waals surface area contributed by atoms with Crippen molar-refractivity contribution < 1.29 is 33.8 Å². The number of carboxylic acid groups (broad SMARTS) is 1. The van der Waals surface area contributed by atoms with Gasteiger partial charge in [-0.25, -0.2) is 14.8 Å². The number of ether oxygens (including phenoxy) is 2. The number of hydrogen-bond donors (Lipinski definition) is 1. The summed E-state index contributed by atoms with van der Waals surface area (Å²) in [5.41, 5.74) is 1.80. The lowest BCUT2D eigenvalue weighted by atomic mass is 9.90. The summed E-state index contributed by atoms with van der Waals surface area (Å²) in [5.74, 6) is -1.69. The number of anilines is 2. The van der Waals surface area contributed by atoms with Crippen LogP contribution in [0.15, 0.2) is 72.8 Å². The van der Waals surface area contributed by atoms with Gasteiger partial charge in [0, 0.05) is 0 Å². The van der Waals surface area contributed by atoms with Crippen molar-refractivity contribution in [1.82, 2.24) is 0 Å². The number of aromatic carboxylic acids is 1. The Morgan fingerprint density at radius 3 is 2.29 bits per heavy atom. The van der Waals surface area contributed by atoms with E-state index in [9.17, 15) is 19.5 Å². The van der Waals surface area contributed by atoms with Crippen LogP contribution < -0.4 is 19.4 Å². The summed E-state index contributed by atoms with van der Waals surface area (Å²) in [6.07, 6.45) is -0.201. The molecule has 2 saturated heterocycles. The van der Waals surface area contributed by atoms with Crippen LogP contribution in [-0.4, -0.2) is 42.2 Å². The average molecular weight is 517 g/mol. The van der Waals surface area contributed by atoms with Crippen LogP contribution in [0.4, 0.5) is 11.4 Å². The molecule has 3 aromatic rings. The second kappa shape index (κ2) is 10.5. The van der Waals surface area contributed by atoms with E-state index in [1.807, 2.05) is 62.4 Å². The first kappa shape index (κ1) is 25.3. The van der Waals surface area contributed by atoms with E-state index in [0.29, 0.717) is 36.1 Å². The van der Waals surface area contributed by atoms with Crippen LogP contribution in [-0.2, 0) is 14.4 Å². The molecule has 9 nitrogen and oxygen atoms in total. The van der Waals surface area contributed by atoms with Gasteiger partial charge in [-0.3, -0.25) is 14.4 Å². The third kappa shape index (κ3) is 4.45. The van der Waals surface area contributed by atoms with Gasteiger partial charge in [-0.1, -0.05) is 31.2 Å². The molecular weight excluding hydrogens is 488 g/mol. The number of amides is 2. The second-order valence-corrected chi connectivity index (χ2v) is 9.01. The lowest BCUT2D eigenvalue weighted by Gasteiger charge is -2.29. The van der Waals surface area contributed by atoms with E-state index < -0.39 is 35.8 Å². The Kier molecular flexibility index (Phi) is 7.02. The Balaban J connectivity index is 1.55. The number of benzene rings is 3. The number of hydroxylamine groups is 1. The maximum absolute atomic E-state index is 13.8. The zero-order valence-electron chi connectivity index (χ0n) is 21.1. The van der Waals surface area contributed by atoms with Crippen molar-refractivity contribution in [1.29, 1.82) is 0 Å². The van der Waals surface area contributed by atoms with Gasteiger partial charge in [0.2, 0.25) is 5.91 Å². The highest BCUT2D eigenvalue weighted by atomic mass is 16.7. The molecule has 196 valence electrons. The van der Waals surface area contributed by atoms with Gasteiger partial charge < -0.3 is 14.6 Å². The average Bonchev–Trinajstić information content (AvgIpc) is 3.44. The Hall–Kier alpha value is -4.37. The summed E-state index contributed by atoms with van der Waals surface area (Å²) in [6.45, 7) is 4.87. The highest BCUT2D eigenvalue weighted by Gasteiger charge is 2.60. The maximum atomic E-state index is 13.8. The van der Waals surface area contributed by atoms with Gasteiger partial charge in [0.25, 0.3) is 5.91 Å². The molecule has 0 aromatic heterocycles. The Morgan fingerprint density at radius 1 is 0.895 bits per heavy atom. The summed E-state index contributed by atoms with van der Waals surface area (Å²) >= 11 is 0. The number of carbonyl (C=O) groups excluding carboxylic acids is 2. The van der Waals surface area contributed by atoms with Gasteiger partial charge in [-0.05, 0) is 67.4 Å². The van der Waals surface area contributed by atoms with Crippen molar-refractivity contribution in [3.05, 3.63) is 83.9 Å².